The Labute approximate surface area is 130 Å². The minimum absolute atomic E-state index is 0.207. The highest BCUT2D eigenvalue weighted by Crippen LogP contribution is 2.37. The van der Waals surface area contributed by atoms with Crippen molar-refractivity contribution in [3.8, 4) is 0 Å². The van der Waals surface area contributed by atoms with Gasteiger partial charge in [-0.05, 0) is 35.9 Å². The zero-order valence-electron chi connectivity index (χ0n) is 12.7. The molecule has 1 unspecified atom stereocenters. The van der Waals surface area contributed by atoms with Crippen molar-refractivity contribution in [1.29, 1.82) is 0 Å². The van der Waals surface area contributed by atoms with Crippen molar-refractivity contribution in [3.05, 3.63) is 63.5 Å². The van der Waals surface area contributed by atoms with Crippen molar-refractivity contribution < 1.29 is 0 Å². The van der Waals surface area contributed by atoms with Gasteiger partial charge in [0, 0.05) is 23.1 Å². The molecule has 0 spiro atoms. The second kappa shape index (κ2) is 5.86. The van der Waals surface area contributed by atoms with Crippen molar-refractivity contribution in [2.75, 3.05) is 0 Å². The number of nitrogens with zero attached hydrogens (tertiary/aromatic N) is 1. The summed E-state index contributed by atoms with van der Waals surface area (Å²) in [5, 5.41) is 5.86. The summed E-state index contributed by atoms with van der Waals surface area (Å²) in [6.07, 6.45) is 2.96. The molecule has 0 fully saturated rings. The van der Waals surface area contributed by atoms with Crippen molar-refractivity contribution in [1.82, 2.24) is 5.32 Å². The fourth-order valence-corrected chi connectivity index (χ4v) is 3.72. The van der Waals surface area contributed by atoms with Gasteiger partial charge in [-0.15, -0.1) is 11.3 Å². The van der Waals surface area contributed by atoms with Crippen LogP contribution in [0.5, 0.6) is 0 Å². The minimum atomic E-state index is 0.207. The molecule has 2 aromatic rings. The molecular formula is C18H20N2S. The molecule has 1 N–H and O–H groups in total. The normalized spacial score (nSPS) is 18.0. The van der Waals surface area contributed by atoms with E-state index in [0.717, 1.165) is 12.3 Å². The van der Waals surface area contributed by atoms with Crippen LogP contribution < -0.4 is 5.32 Å². The van der Waals surface area contributed by atoms with Crippen LogP contribution in [-0.4, -0.2) is 5.84 Å². The fourth-order valence-electron chi connectivity index (χ4n) is 2.58. The molecular weight excluding hydrogens is 276 g/mol. The van der Waals surface area contributed by atoms with E-state index in [-0.39, 0.29) is 6.04 Å². The average Bonchev–Trinajstić information content (AvgIpc) is 2.87. The SMILES string of the molecule is CCC1=NC=C(c2ccccc2)C(c2scc(C)c2C)N1. The summed E-state index contributed by atoms with van der Waals surface area (Å²) < 4.78 is 0. The molecule has 1 aliphatic heterocycles. The van der Waals surface area contributed by atoms with Gasteiger partial charge in [0.2, 0.25) is 0 Å². The van der Waals surface area contributed by atoms with Gasteiger partial charge in [-0.3, -0.25) is 0 Å². The van der Waals surface area contributed by atoms with Crippen LogP contribution in [0, 0.1) is 13.8 Å². The molecule has 0 amide bonds. The van der Waals surface area contributed by atoms with E-state index >= 15 is 0 Å². The maximum absolute atomic E-state index is 4.57. The van der Waals surface area contributed by atoms with E-state index in [0.29, 0.717) is 0 Å². The summed E-state index contributed by atoms with van der Waals surface area (Å²) in [5.74, 6) is 1.06. The predicted octanol–water partition coefficient (Wildman–Crippen LogP) is 4.86. The van der Waals surface area contributed by atoms with E-state index in [1.54, 1.807) is 0 Å². The lowest BCUT2D eigenvalue weighted by atomic mass is 9.95. The summed E-state index contributed by atoms with van der Waals surface area (Å²) in [7, 11) is 0. The Hall–Kier alpha value is -1.87. The molecule has 0 saturated heterocycles. The zero-order chi connectivity index (χ0) is 14.8. The molecule has 3 heteroatoms. The van der Waals surface area contributed by atoms with Gasteiger partial charge in [0.15, 0.2) is 0 Å². The summed E-state index contributed by atoms with van der Waals surface area (Å²) in [6, 6.07) is 10.7. The Morgan fingerprint density at radius 3 is 2.57 bits per heavy atom. The van der Waals surface area contributed by atoms with Gasteiger partial charge < -0.3 is 5.32 Å². The maximum atomic E-state index is 4.57. The first kappa shape index (κ1) is 14.1. The van der Waals surface area contributed by atoms with Gasteiger partial charge >= 0.3 is 0 Å². The smallest absolute Gasteiger partial charge is 0.102 e. The summed E-state index contributed by atoms with van der Waals surface area (Å²) in [5.41, 5.74) is 5.23. The highest BCUT2D eigenvalue weighted by Gasteiger charge is 2.25. The highest BCUT2D eigenvalue weighted by atomic mass is 32.1. The molecule has 0 radical (unpaired) electrons. The second-order valence-corrected chi connectivity index (χ2v) is 6.28. The van der Waals surface area contributed by atoms with Crippen molar-refractivity contribution in [3.63, 3.8) is 0 Å². The van der Waals surface area contributed by atoms with Crippen LogP contribution in [0.15, 0.2) is 46.9 Å². The highest BCUT2D eigenvalue weighted by molar-refractivity contribution is 7.10. The fraction of sp³-hybridized carbons (Fsp3) is 0.278. The topological polar surface area (TPSA) is 24.4 Å². The van der Waals surface area contributed by atoms with Crippen molar-refractivity contribution >= 4 is 22.7 Å². The molecule has 0 aliphatic carbocycles. The van der Waals surface area contributed by atoms with Crippen LogP contribution in [-0.2, 0) is 0 Å². The third-order valence-electron chi connectivity index (χ3n) is 4.01. The number of aryl methyl sites for hydroxylation is 1. The largest absolute Gasteiger partial charge is 0.362 e. The summed E-state index contributed by atoms with van der Waals surface area (Å²) in [4.78, 5) is 5.96. The lowest BCUT2D eigenvalue weighted by Gasteiger charge is -2.26. The van der Waals surface area contributed by atoms with Gasteiger partial charge in [0.05, 0.1) is 6.04 Å². The minimum Gasteiger partial charge on any atom is -0.362 e. The number of hydrogen-bond donors (Lipinski definition) is 1. The predicted molar refractivity (Wildman–Crippen MR) is 91.8 cm³/mol. The van der Waals surface area contributed by atoms with E-state index < -0.39 is 0 Å². The molecule has 1 atom stereocenters. The molecule has 2 nitrogen and oxygen atoms in total. The number of nitrogens with one attached hydrogen (secondary N) is 1. The van der Waals surface area contributed by atoms with Crippen LogP contribution in [0.3, 0.4) is 0 Å². The van der Waals surface area contributed by atoms with E-state index in [1.165, 1.54) is 27.1 Å². The Morgan fingerprint density at radius 2 is 1.95 bits per heavy atom. The van der Waals surface area contributed by atoms with Gasteiger partial charge in [-0.2, -0.15) is 0 Å². The zero-order valence-corrected chi connectivity index (χ0v) is 13.5. The van der Waals surface area contributed by atoms with E-state index in [4.69, 9.17) is 0 Å². The summed E-state index contributed by atoms with van der Waals surface area (Å²) >= 11 is 1.84. The first-order valence-electron chi connectivity index (χ1n) is 7.34. The Kier molecular flexibility index (Phi) is 3.93. The molecule has 1 aromatic carbocycles. The average molecular weight is 296 g/mol. The maximum Gasteiger partial charge on any atom is 0.102 e. The molecule has 21 heavy (non-hydrogen) atoms. The number of benzene rings is 1. The third-order valence-corrected chi connectivity index (χ3v) is 5.28. The number of rotatable bonds is 3. The van der Waals surface area contributed by atoms with Crippen LogP contribution >= 0.6 is 11.3 Å². The first-order valence-corrected chi connectivity index (χ1v) is 8.22. The van der Waals surface area contributed by atoms with Crippen LogP contribution in [0.25, 0.3) is 5.57 Å². The molecule has 2 heterocycles. The quantitative estimate of drug-likeness (QED) is 0.859. The van der Waals surface area contributed by atoms with Gasteiger partial charge in [-0.25, -0.2) is 4.99 Å². The van der Waals surface area contributed by atoms with Crippen LogP contribution in [0.2, 0.25) is 0 Å². The molecule has 0 bridgehead atoms. The molecule has 3 rings (SSSR count). The van der Waals surface area contributed by atoms with Gasteiger partial charge in [0.1, 0.15) is 5.84 Å². The Bertz CT molecular complexity index is 695. The molecule has 108 valence electrons. The number of thiophene rings is 1. The number of amidine groups is 1. The van der Waals surface area contributed by atoms with E-state index in [9.17, 15) is 0 Å². The first-order chi connectivity index (χ1) is 10.2. The second-order valence-electron chi connectivity index (χ2n) is 5.37. The van der Waals surface area contributed by atoms with Gasteiger partial charge in [0.25, 0.3) is 0 Å². The molecule has 1 aromatic heterocycles. The van der Waals surface area contributed by atoms with Crippen molar-refractivity contribution in [2.45, 2.75) is 33.2 Å². The Morgan fingerprint density at radius 1 is 1.19 bits per heavy atom. The number of hydrogen-bond acceptors (Lipinski definition) is 3. The van der Waals surface area contributed by atoms with Crippen LogP contribution in [0.4, 0.5) is 0 Å². The lowest BCUT2D eigenvalue weighted by Crippen LogP contribution is -2.31. The van der Waals surface area contributed by atoms with E-state index in [2.05, 4.69) is 66.8 Å². The monoisotopic (exact) mass is 296 g/mol. The Balaban J connectivity index is 2.07. The van der Waals surface area contributed by atoms with Gasteiger partial charge in [-0.1, -0.05) is 37.3 Å². The standard InChI is InChI=1S/C18H20N2S/c1-4-16-19-10-15(14-8-6-5-7-9-14)17(20-16)18-13(3)12(2)11-21-18/h5-11,17H,4H2,1-3H3,(H,19,20). The number of aliphatic imine (C=N–C) groups is 1. The van der Waals surface area contributed by atoms with Crippen molar-refractivity contribution in [2.24, 2.45) is 4.99 Å². The van der Waals surface area contributed by atoms with Crippen LogP contribution in [0.1, 0.15) is 41.0 Å². The lowest BCUT2D eigenvalue weighted by molar-refractivity contribution is 0.789. The molecule has 1 aliphatic rings. The van der Waals surface area contributed by atoms with E-state index in [1.807, 2.05) is 17.5 Å². The summed E-state index contributed by atoms with van der Waals surface area (Å²) in [6.45, 7) is 6.53. The third kappa shape index (κ3) is 2.66. The molecule has 0 saturated carbocycles.